The monoisotopic (exact) mass is 370 g/mol. The van der Waals surface area contributed by atoms with E-state index in [1.54, 1.807) is 16.4 Å². The zero-order valence-corrected chi connectivity index (χ0v) is 15.5. The Kier molecular flexibility index (Phi) is 4.69. The van der Waals surface area contributed by atoms with Crippen molar-refractivity contribution in [3.05, 3.63) is 45.8 Å². The van der Waals surface area contributed by atoms with Crippen LogP contribution < -0.4 is 4.90 Å². The number of aryl methyl sites for hydroxylation is 2. The standard InChI is InChI=1S/C16H19ClN2O2S2/c1-12-3-4-13(2)14(11-12)18-7-9-19(10-8-18)23(20,21)16-6-5-15(17)22-16/h3-6,11H,7-10H2,1-2H3. The molecule has 1 saturated heterocycles. The number of sulfonamides is 1. The van der Waals surface area contributed by atoms with E-state index in [9.17, 15) is 8.42 Å². The van der Waals surface area contributed by atoms with Crippen molar-refractivity contribution in [3.63, 3.8) is 0 Å². The fraction of sp³-hybridized carbons (Fsp3) is 0.375. The maximum Gasteiger partial charge on any atom is 0.252 e. The lowest BCUT2D eigenvalue weighted by Gasteiger charge is -2.36. The molecule has 1 aliphatic rings. The number of anilines is 1. The Morgan fingerprint density at radius 1 is 1.04 bits per heavy atom. The van der Waals surface area contributed by atoms with Gasteiger partial charge in [0.2, 0.25) is 0 Å². The fourth-order valence-corrected chi connectivity index (χ4v) is 5.85. The maximum atomic E-state index is 12.6. The van der Waals surface area contributed by atoms with Gasteiger partial charge in [0.15, 0.2) is 0 Å². The Hall–Kier alpha value is -1.08. The van der Waals surface area contributed by atoms with E-state index in [4.69, 9.17) is 11.6 Å². The van der Waals surface area contributed by atoms with Gasteiger partial charge < -0.3 is 4.90 Å². The number of halogens is 1. The fourth-order valence-electron chi connectivity index (χ4n) is 2.79. The molecule has 0 aliphatic carbocycles. The molecule has 1 aromatic heterocycles. The molecule has 23 heavy (non-hydrogen) atoms. The van der Waals surface area contributed by atoms with Gasteiger partial charge in [-0.15, -0.1) is 11.3 Å². The first-order valence-electron chi connectivity index (χ1n) is 7.45. The van der Waals surface area contributed by atoms with Crippen molar-refractivity contribution in [2.75, 3.05) is 31.1 Å². The van der Waals surface area contributed by atoms with Crippen LogP contribution in [0, 0.1) is 13.8 Å². The third-order valence-electron chi connectivity index (χ3n) is 4.09. The minimum absolute atomic E-state index is 0.322. The number of hydrogen-bond acceptors (Lipinski definition) is 4. The van der Waals surface area contributed by atoms with E-state index in [1.165, 1.54) is 16.8 Å². The minimum Gasteiger partial charge on any atom is -0.369 e. The summed E-state index contributed by atoms with van der Waals surface area (Å²) in [6.45, 7) is 6.54. The molecule has 0 N–H and O–H groups in total. The second-order valence-electron chi connectivity index (χ2n) is 5.74. The van der Waals surface area contributed by atoms with E-state index in [2.05, 4.69) is 36.9 Å². The minimum atomic E-state index is -3.42. The van der Waals surface area contributed by atoms with Crippen LogP contribution in [0.5, 0.6) is 0 Å². The summed E-state index contributed by atoms with van der Waals surface area (Å²) in [5.74, 6) is 0. The van der Waals surface area contributed by atoms with Crippen molar-refractivity contribution in [2.45, 2.75) is 18.1 Å². The van der Waals surface area contributed by atoms with Crippen LogP contribution in [0.2, 0.25) is 4.34 Å². The largest absolute Gasteiger partial charge is 0.369 e. The van der Waals surface area contributed by atoms with Crippen molar-refractivity contribution in [1.82, 2.24) is 4.31 Å². The van der Waals surface area contributed by atoms with Gasteiger partial charge in [-0.1, -0.05) is 23.7 Å². The van der Waals surface area contributed by atoms with Crippen molar-refractivity contribution >= 4 is 38.6 Å². The molecule has 1 fully saturated rings. The average molecular weight is 371 g/mol. The van der Waals surface area contributed by atoms with Gasteiger partial charge in [0.25, 0.3) is 10.0 Å². The summed E-state index contributed by atoms with van der Waals surface area (Å²) >= 11 is 6.98. The van der Waals surface area contributed by atoms with E-state index in [1.807, 2.05) is 0 Å². The number of hydrogen-bond donors (Lipinski definition) is 0. The summed E-state index contributed by atoms with van der Waals surface area (Å²) < 4.78 is 27.6. The summed E-state index contributed by atoms with van der Waals surface area (Å²) in [7, 11) is -3.42. The third kappa shape index (κ3) is 3.40. The van der Waals surface area contributed by atoms with Gasteiger partial charge in [-0.2, -0.15) is 4.31 Å². The SMILES string of the molecule is Cc1ccc(C)c(N2CCN(S(=O)(=O)c3ccc(Cl)s3)CC2)c1. The van der Waals surface area contributed by atoms with Gasteiger partial charge in [0, 0.05) is 31.9 Å². The summed E-state index contributed by atoms with van der Waals surface area (Å²) in [5.41, 5.74) is 3.63. The molecule has 0 saturated carbocycles. The molecule has 0 spiro atoms. The molecule has 7 heteroatoms. The van der Waals surface area contributed by atoms with Crippen LogP contribution in [0.15, 0.2) is 34.5 Å². The zero-order chi connectivity index (χ0) is 16.6. The molecule has 2 heterocycles. The number of piperazine rings is 1. The Bertz CT molecular complexity index is 809. The quantitative estimate of drug-likeness (QED) is 0.829. The first-order chi connectivity index (χ1) is 10.9. The second-order valence-corrected chi connectivity index (χ2v) is 9.62. The van der Waals surface area contributed by atoms with Crippen LogP contribution in [0.25, 0.3) is 0 Å². The lowest BCUT2D eigenvalue weighted by molar-refractivity contribution is 0.385. The summed E-state index contributed by atoms with van der Waals surface area (Å²) in [5, 5.41) is 0. The molecule has 1 aromatic carbocycles. The number of thiophene rings is 1. The van der Waals surface area contributed by atoms with Gasteiger partial charge in [0.05, 0.1) is 4.34 Å². The summed E-state index contributed by atoms with van der Waals surface area (Å²) in [6, 6.07) is 9.59. The average Bonchev–Trinajstić information content (AvgIpc) is 2.97. The van der Waals surface area contributed by atoms with Gasteiger partial charge in [-0.3, -0.25) is 0 Å². The third-order valence-corrected chi connectivity index (χ3v) is 7.68. The van der Waals surface area contributed by atoms with Crippen LogP contribution >= 0.6 is 22.9 Å². The molecule has 0 atom stereocenters. The molecule has 0 radical (unpaired) electrons. The van der Waals surface area contributed by atoms with Crippen molar-refractivity contribution in [1.29, 1.82) is 0 Å². The highest BCUT2D eigenvalue weighted by Crippen LogP contribution is 2.29. The molecule has 2 aromatic rings. The van der Waals surface area contributed by atoms with Crippen molar-refractivity contribution in [3.8, 4) is 0 Å². The molecule has 0 unspecified atom stereocenters. The number of rotatable bonds is 3. The van der Waals surface area contributed by atoms with E-state index in [-0.39, 0.29) is 0 Å². The van der Waals surface area contributed by atoms with Crippen molar-refractivity contribution in [2.24, 2.45) is 0 Å². The molecular weight excluding hydrogens is 352 g/mol. The summed E-state index contributed by atoms with van der Waals surface area (Å²) in [4.78, 5) is 2.26. The maximum absolute atomic E-state index is 12.6. The van der Waals surface area contributed by atoms with Crippen LogP contribution in [-0.2, 0) is 10.0 Å². The Labute approximate surface area is 146 Å². The smallest absolute Gasteiger partial charge is 0.252 e. The molecule has 124 valence electrons. The lowest BCUT2D eigenvalue weighted by atomic mass is 10.1. The Morgan fingerprint density at radius 3 is 2.35 bits per heavy atom. The van der Waals surface area contributed by atoms with E-state index < -0.39 is 10.0 Å². The molecule has 0 bridgehead atoms. The van der Waals surface area contributed by atoms with E-state index in [0.717, 1.165) is 11.3 Å². The van der Waals surface area contributed by atoms with Crippen LogP contribution in [0.1, 0.15) is 11.1 Å². The molecular formula is C16H19ClN2O2S2. The topological polar surface area (TPSA) is 40.6 Å². The molecule has 3 rings (SSSR count). The van der Waals surface area contributed by atoms with Crippen LogP contribution in [0.4, 0.5) is 5.69 Å². The zero-order valence-electron chi connectivity index (χ0n) is 13.1. The lowest BCUT2D eigenvalue weighted by Crippen LogP contribution is -2.48. The highest BCUT2D eigenvalue weighted by molar-refractivity contribution is 7.91. The highest BCUT2D eigenvalue weighted by Gasteiger charge is 2.30. The molecule has 4 nitrogen and oxygen atoms in total. The second kappa shape index (κ2) is 6.43. The number of benzene rings is 1. The first kappa shape index (κ1) is 16.8. The molecule has 0 amide bonds. The molecule has 1 aliphatic heterocycles. The number of nitrogens with zero attached hydrogens (tertiary/aromatic N) is 2. The van der Waals surface area contributed by atoms with Gasteiger partial charge >= 0.3 is 0 Å². The Balaban J connectivity index is 1.75. The van der Waals surface area contributed by atoms with Crippen molar-refractivity contribution < 1.29 is 8.42 Å². The van der Waals surface area contributed by atoms with Crippen LogP contribution in [-0.4, -0.2) is 38.9 Å². The van der Waals surface area contributed by atoms with Gasteiger partial charge in [0.1, 0.15) is 4.21 Å². The Morgan fingerprint density at radius 2 is 1.74 bits per heavy atom. The normalized spacial score (nSPS) is 16.7. The van der Waals surface area contributed by atoms with E-state index in [0.29, 0.717) is 34.7 Å². The first-order valence-corrected chi connectivity index (χ1v) is 10.1. The van der Waals surface area contributed by atoms with Gasteiger partial charge in [-0.05, 0) is 43.2 Å². The van der Waals surface area contributed by atoms with E-state index >= 15 is 0 Å². The highest BCUT2D eigenvalue weighted by atomic mass is 35.5. The predicted molar refractivity (Wildman–Crippen MR) is 96.2 cm³/mol. The van der Waals surface area contributed by atoms with Crippen LogP contribution in [0.3, 0.4) is 0 Å². The van der Waals surface area contributed by atoms with Gasteiger partial charge in [-0.25, -0.2) is 8.42 Å². The summed E-state index contributed by atoms with van der Waals surface area (Å²) in [6.07, 6.45) is 0. The predicted octanol–water partition coefficient (Wildman–Crippen LogP) is 3.53.